The maximum atomic E-state index is 12.4. The predicted octanol–water partition coefficient (Wildman–Crippen LogP) is 4.65. The summed E-state index contributed by atoms with van der Waals surface area (Å²) in [4.78, 5) is 12.4. The Labute approximate surface area is 139 Å². The van der Waals surface area contributed by atoms with E-state index in [0.29, 0.717) is 10.6 Å². The van der Waals surface area contributed by atoms with Crippen LogP contribution in [0.4, 0.5) is 0 Å². The molecule has 3 rings (SSSR count). The van der Waals surface area contributed by atoms with Gasteiger partial charge in [0.15, 0.2) is 0 Å². The fraction of sp³-hybridized carbons (Fsp3) is 0.0526. The number of benzene rings is 3. The zero-order chi connectivity index (χ0) is 16.2. The van der Waals surface area contributed by atoms with E-state index >= 15 is 0 Å². The molecule has 3 nitrogen and oxygen atoms in total. The number of amides is 1. The SMILES string of the molecule is CC(=NNC(=O)c1cccc2ccccc12)c1ccc(Cl)cc1. The fourth-order valence-corrected chi connectivity index (χ4v) is 2.50. The Bertz CT molecular complexity index is 880. The van der Waals surface area contributed by atoms with Crippen LogP contribution in [0.25, 0.3) is 10.8 Å². The van der Waals surface area contributed by atoms with Crippen molar-refractivity contribution in [2.45, 2.75) is 6.92 Å². The summed E-state index contributed by atoms with van der Waals surface area (Å²) >= 11 is 5.87. The van der Waals surface area contributed by atoms with Gasteiger partial charge >= 0.3 is 0 Å². The molecule has 3 aromatic rings. The highest BCUT2D eigenvalue weighted by Crippen LogP contribution is 2.18. The molecule has 4 heteroatoms. The number of fused-ring (bicyclic) bond motifs is 1. The molecule has 0 saturated carbocycles. The van der Waals surface area contributed by atoms with E-state index in [2.05, 4.69) is 10.5 Å². The van der Waals surface area contributed by atoms with E-state index in [4.69, 9.17) is 11.6 Å². The summed E-state index contributed by atoms with van der Waals surface area (Å²) in [6.45, 7) is 1.84. The van der Waals surface area contributed by atoms with E-state index < -0.39 is 0 Å². The van der Waals surface area contributed by atoms with Crippen LogP contribution in [-0.2, 0) is 0 Å². The van der Waals surface area contributed by atoms with Gasteiger partial charge in [0.2, 0.25) is 0 Å². The molecular weight excluding hydrogens is 308 g/mol. The smallest absolute Gasteiger partial charge is 0.267 e. The van der Waals surface area contributed by atoms with Crippen molar-refractivity contribution in [1.29, 1.82) is 0 Å². The van der Waals surface area contributed by atoms with Crippen LogP contribution in [0, 0.1) is 0 Å². The van der Waals surface area contributed by atoms with Gasteiger partial charge in [-0.1, -0.05) is 60.1 Å². The first-order chi connectivity index (χ1) is 11.1. The van der Waals surface area contributed by atoms with Crippen molar-refractivity contribution in [2.75, 3.05) is 0 Å². The number of carbonyl (C=O) groups excluding carboxylic acids is 1. The summed E-state index contributed by atoms with van der Waals surface area (Å²) in [5, 5.41) is 6.78. The van der Waals surface area contributed by atoms with Gasteiger partial charge in [0, 0.05) is 10.6 Å². The Morgan fingerprint density at radius 3 is 2.43 bits per heavy atom. The summed E-state index contributed by atoms with van der Waals surface area (Å²) in [7, 11) is 0. The topological polar surface area (TPSA) is 41.5 Å². The molecule has 0 spiro atoms. The van der Waals surface area contributed by atoms with Gasteiger partial charge in [-0.25, -0.2) is 5.43 Å². The van der Waals surface area contributed by atoms with Crippen LogP contribution in [0.15, 0.2) is 71.8 Å². The zero-order valence-corrected chi connectivity index (χ0v) is 13.3. The molecule has 0 fully saturated rings. The molecule has 0 atom stereocenters. The van der Waals surface area contributed by atoms with Crippen molar-refractivity contribution < 1.29 is 4.79 Å². The van der Waals surface area contributed by atoms with Gasteiger partial charge in [0.05, 0.1) is 5.71 Å². The number of hydrogen-bond acceptors (Lipinski definition) is 2. The number of rotatable bonds is 3. The van der Waals surface area contributed by atoms with Crippen LogP contribution in [0.3, 0.4) is 0 Å². The van der Waals surface area contributed by atoms with Crippen LogP contribution >= 0.6 is 11.6 Å². The average Bonchev–Trinajstić information content (AvgIpc) is 2.59. The van der Waals surface area contributed by atoms with Crippen molar-refractivity contribution >= 4 is 34.0 Å². The van der Waals surface area contributed by atoms with Crippen molar-refractivity contribution in [2.24, 2.45) is 5.10 Å². The Morgan fingerprint density at radius 2 is 1.65 bits per heavy atom. The first-order valence-electron chi connectivity index (χ1n) is 7.23. The van der Waals surface area contributed by atoms with Gasteiger partial charge in [-0.2, -0.15) is 5.10 Å². The first kappa shape index (κ1) is 15.3. The van der Waals surface area contributed by atoms with Gasteiger partial charge in [-0.05, 0) is 41.5 Å². The lowest BCUT2D eigenvalue weighted by Gasteiger charge is -2.06. The van der Waals surface area contributed by atoms with Crippen molar-refractivity contribution in [3.05, 3.63) is 82.9 Å². The number of hydrogen-bond donors (Lipinski definition) is 1. The number of nitrogens with one attached hydrogen (secondary N) is 1. The quantitative estimate of drug-likeness (QED) is 0.553. The van der Waals surface area contributed by atoms with E-state index in [0.717, 1.165) is 22.0 Å². The number of hydrazone groups is 1. The largest absolute Gasteiger partial charge is 0.272 e. The Balaban J connectivity index is 1.83. The summed E-state index contributed by atoms with van der Waals surface area (Å²) < 4.78 is 0. The highest BCUT2D eigenvalue weighted by molar-refractivity contribution is 6.30. The molecule has 23 heavy (non-hydrogen) atoms. The van der Waals surface area contributed by atoms with E-state index in [-0.39, 0.29) is 5.91 Å². The number of carbonyl (C=O) groups is 1. The fourth-order valence-electron chi connectivity index (χ4n) is 2.37. The van der Waals surface area contributed by atoms with E-state index in [1.54, 1.807) is 18.2 Å². The van der Waals surface area contributed by atoms with Crippen molar-refractivity contribution in [1.82, 2.24) is 5.43 Å². The third-order valence-corrected chi connectivity index (χ3v) is 3.87. The van der Waals surface area contributed by atoms with Crippen molar-refractivity contribution in [3.63, 3.8) is 0 Å². The second kappa shape index (κ2) is 6.63. The molecular formula is C19H15ClN2O. The standard InChI is InChI=1S/C19H15ClN2O/c1-13(14-9-11-16(20)12-10-14)21-22-19(23)18-8-4-6-15-5-2-3-7-17(15)18/h2-12H,1H3,(H,22,23). The molecule has 114 valence electrons. The van der Waals surface area contributed by atoms with Gasteiger partial charge in [-0.15, -0.1) is 0 Å². The zero-order valence-electron chi connectivity index (χ0n) is 12.6. The molecule has 0 aliphatic rings. The van der Waals surface area contributed by atoms with Gasteiger partial charge in [-0.3, -0.25) is 4.79 Å². The Kier molecular flexibility index (Phi) is 4.40. The lowest BCUT2D eigenvalue weighted by atomic mass is 10.0. The molecule has 0 aliphatic carbocycles. The highest BCUT2D eigenvalue weighted by Gasteiger charge is 2.09. The highest BCUT2D eigenvalue weighted by atomic mass is 35.5. The summed E-state index contributed by atoms with van der Waals surface area (Å²) in [5.41, 5.74) is 4.85. The van der Waals surface area contributed by atoms with Crippen LogP contribution in [-0.4, -0.2) is 11.6 Å². The van der Waals surface area contributed by atoms with E-state index in [9.17, 15) is 4.79 Å². The molecule has 0 aromatic heterocycles. The molecule has 0 bridgehead atoms. The molecule has 0 radical (unpaired) electrons. The first-order valence-corrected chi connectivity index (χ1v) is 7.61. The molecule has 3 aromatic carbocycles. The van der Waals surface area contributed by atoms with Gasteiger partial charge < -0.3 is 0 Å². The van der Waals surface area contributed by atoms with E-state index in [1.807, 2.05) is 55.5 Å². The maximum absolute atomic E-state index is 12.4. The lowest BCUT2D eigenvalue weighted by molar-refractivity contribution is 0.0956. The third-order valence-electron chi connectivity index (χ3n) is 3.62. The van der Waals surface area contributed by atoms with Crippen LogP contribution in [0.2, 0.25) is 5.02 Å². The third kappa shape index (κ3) is 3.41. The molecule has 1 amide bonds. The lowest BCUT2D eigenvalue weighted by Crippen LogP contribution is -2.19. The van der Waals surface area contributed by atoms with Gasteiger partial charge in [0.25, 0.3) is 5.91 Å². The minimum Gasteiger partial charge on any atom is -0.267 e. The second-order valence-electron chi connectivity index (χ2n) is 5.17. The second-order valence-corrected chi connectivity index (χ2v) is 5.61. The maximum Gasteiger partial charge on any atom is 0.272 e. The Morgan fingerprint density at radius 1 is 0.957 bits per heavy atom. The average molecular weight is 323 g/mol. The molecule has 0 heterocycles. The van der Waals surface area contributed by atoms with Crippen LogP contribution < -0.4 is 5.43 Å². The van der Waals surface area contributed by atoms with Crippen molar-refractivity contribution in [3.8, 4) is 0 Å². The minimum absolute atomic E-state index is 0.227. The summed E-state index contributed by atoms with van der Waals surface area (Å²) in [6, 6.07) is 20.7. The predicted molar refractivity (Wildman–Crippen MR) is 95.1 cm³/mol. The molecule has 0 unspecified atom stereocenters. The minimum atomic E-state index is -0.227. The van der Waals surface area contributed by atoms with Crippen LogP contribution in [0.1, 0.15) is 22.8 Å². The summed E-state index contributed by atoms with van der Waals surface area (Å²) in [6.07, 6.45) is 0. The molecule has 0 saturated heterocycles. The molecule has 1 N–H and O–H groups in total. The summed E-state index contributed by atoms with van der Waals surface area (Å²) in [5.74, 6) is -0.227. The van der Waals surface area contributed by atoms with Crippen LogP contribution in [0.5, 0.6) is 0 Å². The number of nitrogens with zero attached hydrogens (tertiary/aromatic N) is 1. The number of halogens is 1. The monoisotopic (exact) mass is 322 g/mol. The Hall–Kier alpha value is -2.65. The van der Waals surface area contributed by atoms with Gasteiger partial charge in [0.1, 0.15) is 0 Å². The van der Waals surface area contributed by atoms with E-state index in [1.165, 1.54) is 0 Å². The molecule has 0 aliphatic heterocycles. The normalized spacial score (nSPS) is 11.5.